The van der Waals surface area contributed by atoms with Gasteiger partial charge in [0.1, 0.15) is 0 Å². The van der Waals surface area contributed by atoms with E-state index in [0.717, 1.165) is 3.79 Å². The highest BCUT2D eigenvalue weighted by Gasteiger charge is 2.21. The number of carbonyl (C=O) groups excluding carboxylic acids is 1. The number of carbonyl (C=O) groups is 1. The molecule has 6 nitrogen and oxygen atoms in total. The van der Waals surface area contributed by atoms with Gasteiger partial charge in [0.2, 0.25) is 5.75 Å². The van der Waals surface area contributed by atoms with Crippen molar-refractivity contribution in [2.24, 2.45) is 0 Å². The maximum absolute atomic E-state index is 12.3. The Morgan fingerprint density at radius 1 is 1.19 bits per heavy atom. The van der Waals surface area contributed by atoms with Crippen molar-refractivity contribution in [1.29, 1.82) is 0 Å². The third kappa shape index (κ3) is 3.27. The Balaban J connectivity index is 2.36. The number of thiazole rings is 1. The Bertz CT molecular complexity index is 660. The van der Waals surface area contributed by atoms with Gasteiger partial charge < -0.3 is 14.2 Å². The zero-order chi connectivity index (χ0) is 15.4. The number of aromatic nitrogens is 1. The molecule has 1 aromatic carbocycles. The lowest BCUT2D eigenvalue weighted by atomic mass is 10.1. The lowest BCUT2D eigenvalue weighted by Gasteiger charge is -2.15. The molecule has 1 N–H and O–H groups in total. The Morgan fingerprint density at radius 2 is 1.90 bits per heavy atom. The van der Waals surface area contributed by atoms with Crippen LogP contribution in [0.25, 0.3) is 0 Å². The van der Waals surface area contributed by atoms with Crippen molar-refractivity contribution < 1.29 is 19.0 Å². The van der Waals surface area contributed by atoms with Gasteiger partial charge in [0.15, 0.2) is 16.6 Å². The standard InChI is InChI=1S/C13H13BrN2O4S/c1-18-8-5-4-7(10(19-2)11(8)20-3)12(17)16-13-15-6-9(14)21-13/h4-6H,1-3H3,(H,15,16,17). The van der Waals surface area contributed by atoms with Crippen molar-refractivity contribution in [3.05, 3.63) is 27.7 Å². The largest absolute Gasteiger partial charge is 0.493 e. The molecule has 0 aliphatic carbocycles. The number of rotatable bonds is 5. The van der Waals surface area contributed by atoms with Crippen LogP contribution in [0.4, 0.5) is 5.13 Å². The Hall–Kier alpha value is -1.80. The number of nitrogens with one attached hydrogen (secondary N) is 1. The van der Waals surface area contributed by atoms with Crippen molar-refractivity contribution in [2.75, 3.05) is 26.6 Å². The van der Waals surface area contributed by atoms with E-state index in [1.165, 1.54) is 32.7 Å². The quantitative estimate of drug-likeness (QED) is 0.872. The fraction of sp³-hybridized carbons (Fsp3) is 0.231. The Kier molecular flexibility index (Phi) is 5.03. The minimum absolute atomic E-state index is 0.310. The number of halogens is 1. The second kappa shape index (κ2) is 6.77. The summed E-state index contributed by atoms with van der Waals surface area (Å²) in [7, 11) is 4.47. The maximum atomic E-state index is 12.3. The van der Waals surface area contributed by atoms with Gasteiger partial charge in [0, 0.05) is 0 Å². The first-order chi connectivity index (χ1) is 10.1. The van der Waals surface area contributed by atoms with Crippen molar-refractivity contribution >= 4 is 38.3 Å². The van der Waals surface area contributed by atoms with E-state index < -0.39 is 0 Å². The molecule has 2 rings (SSSR count). The number of hydrogen-bond donors (Lipinski definition) is 1. The van der Waals surface area contributed by atoms with Crippen LogP contribution in [0.1, 0.15) is 10.4 Å². The highest BCUT2D eigenvalue weighted by molar-refractivity contribution is 9.11. The number of anilines is 1. The molecule has 2 aromatic rings. The molecule has 0 aliphatic rings. The van der Waals surface area contributed by atoms with Crippen LogP contribution >= 0.6 is 27.3 Å². The molecule has 0 saturated heterocycles. The highest BCUT2D eigenvalue weighted by atomic mass is 79.9. The average Bonchev–Trinajstić information content (AvgIpc) is 2.90. The lowest BCUT2D eigenvalue weighted by molar-refractivity contribution is 0.102. The zero-order valence-electron chi connectivity index (χ0n) is 11.6. The van der Waals surface area contributed by atoms with E-state index in [9.17, 15) is 4.79 Å². The topological polar surface area (TPSA) is 69.7 Å². The summed E-state index contributed by atoms with van der Waals surface area (Å²) < 4.78 is 16.5. The van der Waals surface area contributed by atoms with E-state index in [4.69, 9.17) is 14.2 Å². The zero-order valence-corrected chi connectivity index (χ0v) is 14.0. The first kappa shape index (κ1) is 15.6. The number of methoxy groups -OCH3 is 3. The fourth-order valence-electron chi connectivity index (χ4n) is 1.76. The minimum atomic E-state index is -0.338. The van der Waals surface area contributed by atoms with E-state index in [2.05, 4.69) is 26.2 Å². The molecule has 0 radical (unpaired) electrons. The van der Waals surface area contributed by atoms with Crippen LogP contribution in [0.5, 0.6) is 17.2 Å². The van der Waals surface area contributed by atoms with Crippen LogP contribution in [0.2, 0.25) is 0 Å². The van der Waals surface area contributed by atoms with Gasteiger partial charge >= 0.3 is 0 Å². The number of nitrogens with zero attached hydrogens (tertiary/aromatic N) is 1. The molecule has 112 valence electrons. The normalized spacial score (nSPS) is 10.1. The molecule has 0 fully saturated rings. The molecule has 8 heteroatoms. The molecule has 0 aliphatic heterocycles. The summed E-state index contributed by atoms with van der Waals surface area (Å²) in [6.45, 7) is 0. The highest BCUT2D eigenvalue weighted by Crippen LogP contribution is 2.40. The van der Waals surface area contributed by atoms with Crippen molar-refractivity contribution in [1.82, 2.24) is 4.98 Å². The van der Waals surface area contributed by atoms with Gasteiger partial charge in [-0.25, -0.2) is 4.98 Å². The molecule has 21 heavy (non-hydrogen) atoms. The van der Waals surface area contributed by atoms with Crippen molar-refractivity contribution in [3.63, 3.8) is 0 Å². The van der Waals surface area contributed by atoms with Gasteiger partial charge in [-0.05, 0) is 28.1 Å². The van der Waals surface area contributed by atoms with Crippen molar-refractivity contribution in [2.45, 2.75) is 0 Å². The molecule has 0 saturated carbocycles. The van der Waals surface area contributed by atoms with Crippen molar-refractivity contribution in [3.8, 4) is 17.2 Å². The van der Waals surface area contributed by atoms with E-state index in [-0.39, 0.29) is 5.91 Å². The van der Waals surface area contributed by atoms with Gasteiger partial charge in [0.05, 0.1) is 36.9 Å². The van der Waals surface area contributed by atoms with Crippen LogP contribution in [0.3, 0.4) is 0 Å². The third-order valence-electron chi connectivity index (χ3n) is 2.65. The van der Waals surface area contributed by atoms with Crippen LogP contribution < -0.4 is 19.5 Å². The Morgan fingerprint density at radius 3 is 2.43 bits per heavy atom. The summed E-state index contributed by atoms with van der Waals surface area (Å²) in [4.78, 5) is 16.4. The second-order valence-corrected chi connectivity index (χ2v) is 6.22. The summed E-state index contributed by atoms with van der Waals surface area (Å²) in [5.74, 6) is 0.829. The molecular weight excluding hydrogens is 360 g/mol. The SMILES string of the molecule is COc1ccc(C(=O)Nc2ncc(Br)s2)c(OC)c1OC. The van der Waals surface area contributed by atoms with E-state index in [1.54, 1.807) is 18.3 Å². The van der Waals surface area contributed by atoms with E-state index in [0.29, 0.717) is 27.9 Å². The monoisotopic (exact) mass is 372 g/mol. The van der Waals surface area contributed by atoms with Gasteiger partial charge in [-0.2, -0.15) is 0 Å². The van der Waals surface area contributed by atoms with Gasteiger partial charge in [0.25, 0.3) is 5.91 Å². The number of hydrogen-bond acceptors (Lipinski definition) is 6. The summed E-state index contributed by atoms with van der Waals surface area (Å²) in [5.41, 5.74) is 0.335. The summed E-state index contributed by atoms with van der Waals surface area (Å²) in [6.07, 6.45) is 1.62. The fourth-order valence-corrected chi connectivity index (χ4v) is 2.86. The molecular formula is C13H13BrN2O4S. The molecule has 0 atom stereocenters. The predicted octanol–water partition coefficient (Wildman–Crippen LogP) is 3.18. The first-order valence-electron chi connectivity index (χ1n) is 5.82. The third-order valence-corrected chi connectivity index (χ3v) is 4.04. The molecule has 1 heterocycles. The summed E-state index contributed by atoms with van der Waals surface area (Å²) >= 11 is 4.61. The lowest BCUT2D eigenvalue weighted by Crippen LogP contribution is -2.13. The minimum Gasteiger partial charge on any atom is -0.493 e. The predicted molar refractivity (Wildman–Crippen MR) is 83.9 cm³/mol. The maximum Gasteiger partial charge on any atom is 0.261 e. The van der Waals surface area contributed by atoms with E-state index in [1.807, 2.05) is 0 Å². The molecule has 0 spiro atoms. The average molecular weight is 373 g/mol. The number of ether oxygens (including phenoxy) is 3. The smallest absolute Gasteiger partial charge is 0.261 e. The summed E-state index contributed by atoms with van der Waals surface area (Å²) in [5, 5.41) is 3.19. The molecule has 0 unspecified atom stereocenters. The molecule has 1 aromatic heterocycles. The summed E-state index contributed by atoms with van der Waals surface area (Å²) in [6, 6.07) is 3.26. The van der Waals surface area contributed by atoms with Crippen LogP contribution in [-0.4, -0.2) is 32.2 Å². The Labute approximate surface area is 134 Å². The van der Waals surface area contributed by atoms with Gasteiger partial charge in [-0.1, -0.05) is 11.3 Å². The molecule has 0 bridgehead atoms. The molecule has 1 amide bonds. The number of amides is 1. The van der Waals surface area contributed by atoms with Crippen LogP contribution in [0, 0.1) is 0 Å². The first-order valence-corrected chi connectivity index (χ1v) is 7.43. The van der Waals surface area contributed by atoms with Gasteiger partial charge in [-0.3, -0.25) is 10.1 Å². The van der Waals surface area contributed by atoms with Gasteiger partial charge in [-0.15, -0.1) is 0 Å². The van der Waals surface area contributed by atoms with E-state index >= 15 is 0 Å². The second-order valence-electron chi connectivity index (χ2n) is 3.81. The van der Waals surface area contributed by atoms with Crippen LogP contribution in [-0.2, 0) is 0 Å². The number of benzene rings is 1. The van der Waals surface area contributed by atoms with Crippen LogP contribution in [0.15, 0.2) is 22.1 Å².